The van der Waals surface area contributed by atoms with Gasteiger partial charge in [0.05, 0.1) is 16.3 Å². The second kappa shape index (κ2) is 6.45. The molecular formula is C14H22BrNO3S. The number of halogens is 1. The molecule has 0 fully saturated rings. The van der Waals surface area contributed by atoms with Crippen LogP contribution in [0.4, 0.5) is 0 Å². The van der Waals surface area contributed by atoms with Crippen molar-refractivity contribution in [3.63, 3.8) is 0 Å². The zero-order valence-electron chi connectivity index (χ0n) is 12.5. The summed E-state index contributed by atoms with van der Waals surface area (Å²) in [6.45, 7) is 5.86. The third kappa shape index (κ3) is 4.20. The van der Waals surface area contributed by atoms with Crippen LogP contribution in [0.15, 0.2) is 22.7 Å². The van der Waals surface area contributed by atoms with Crippen LogP contribution < -0.4 is 10.1 Å². The minimum atomic E-state index is -3.09. The first-order valence-electron chi connectivity index (χ1n) is 6.35. The van der Waals surface area contributed by atoms with Gasteiger partial charge in [-0.05, 0) is 54.4 Å². The molecule has 0 amide bonds. The number of hydrogen-bond acceptors (Lipinski definition) is 4. The Balaban J connectivity index is 2.78. The molecule has 0 aliphatic heterocycles. The van der Waals surface area contributed by atoms with Crippen molar-refractivity contribution in [2.24, 2.45) is 0 Å². The summed E-state index contributed by atoms with van der Waals surface area (Å²) in [5.41, 5.74) is 1.07. The van der Waals surface area contributed by atoms with Gasteiger partial charge >= 0.3 is 0 Å². The molecule has 20 heavy (non-hydrogen) atoms. The highest BCUT2D eigenvalue weighted by molar-refractivity contribution is 9.10. The third-order valence-corrected chi connectivity index (χ3v) is 6.29. The fraction of sp³-hybridized carbons (Fsp3) is 0.571. The number of hydrogen-bond donors (Lipinski definition) is 1. The first kappa shape index (κ1) is 17.5. The lowest BCUT2D eigenvalue weighted by Gasteiger charge is -2.25. The van der Waals surface area contributed by atoms with Gasteiger partial charge in [-0.3, -0.25) is 0 Å². The van der Waals surface area contributed by atoms with E-state index in [4.69, 9.17) is 4.74 Å². The summed E-state index contributed by atoms with van der Waals surface area (Å²) < 4.78 is 28.6. The van der Waals surface area contributed by atoms with Crippen LogP contribution in [0.5, 0.6) is 5.75 Å². The van der Waals surface area contributed by atoms with Crippen molar-refractivity contribution in [2.45, 2.75) is 31.6 Å². The molecule has 0 radical (unpaired) electrons. The Morgan fingerprint density at radius 2 is 2.00 bits per heavy atom. The normalized spacial score (nSPS) is 14.1. The zero-order valence-corrected chi connectivity index (χ0v) is 14.9. The van der Waals surface area contributed by atoms with Gasteiger partial charge in [0.25, 0.3) is 0 Å². The summed E-state index contributed by atoms with van der Waals surface area (Å²) in [6, 6.07) is 5.89. The molecule has 6 heteroatoms. The zero-order chi connectivity index (χ0) is 15.6. The molecule has 0 aliphatic rings. The smallest absolute Gasteiger partial charge is 0.153 e. The van der Waals surface area contributed by atoms with Crippen molar-refractivity contribution in [3.8, 4) is 5.75 Å². The Morgan fingerprint density at radius 3 is 2.45 bits per heavy atom. The highest BCUT2D eigenvalue weighted by Gasteiger charge is 2.30. The molecule has 114 valence electrons. The number of ether oxygens (including phenoxy) is 1. The molecule has 0 bridgehead atoms. The standard InChI is InChI=1S/C14H22BrNO3S/c1-10(16-9-14(2,3)20(5,17)18)11-6-7-13(19-4)12(15)8-11/h6-8,10,16H,9H2,1-5H3. The van der Waals surface area contributed by atoms with Gasteiger partial charge in [0, 0.05) is 18.8 Å². The van der Waals surface area contributed by atoms with Crippen LogP contribution >= 0.6 is 15.9 Å². The number of methoxy groups -OCH3 is 1. The first-order chi connectivity index (χ1) is 9.08. The maximum Gasteiger partial charge on any atom is 0.153 e. The Labute approximate surface area is 130 Å². The lowest BCUT2D eigenvalue weighted by molar-refractivity contribution is 0.411. The van der Waals surface area contributed by atoms with Crippen molar-refractivity contribution in [1.82, 2.24) is 5.32 Å². The van der Waals surface area contributed by atoms with E-state index in [1.54, 1.807) is 21.0 Å². The summed E-state index contributed by atoms with van der Waals surface area (Å²) in [6.07, 6.45) is 1.27. The second-order valence-electron chi connectivity index (χ2n) is 5.53. The molecule has 1 N–H and O–H groups in total. The minimum absolute atomic E-state index is 0.0539. The number of nitrogens with one attached hydrogen (secondary N) is 1. The molecular weight excluding hydrogens is 342 g/mol. The number of benzene rings is 1. The summed E-state index contributed by atoms with van der Waals surface area (Å²) in [4.78, 5) is 0. The van der Waals surface area contributed by atoms with Crippen molar-refractivity contribution >= 4 is 25.8 Å². The molecule has 4 nitrogen and oxygen atoms in total. The molecule has 0 aromatic heterocycles. The van der Waals surface area contributed by atoms with Gasteiger partial charge in [-0.1, -0.05) is 6.07 Å². The van der Waals surface area contributed by atoms with Crippen LogP contribution in [0, 0.1) is 0 Å². The van der Waals surface area contributed by atoms with Crippen molar-refractivity contribution < 1.29 is 13.2 Å². The van der Waals surface area contributed by atoms with Gasteiger partial charge in [0.2, 0.25) is 0 Å². The predicted octanol–water partition coefficient (Wildman–Crippen LogP) is 2.93. The van der Waals surface area contributed by atoms with E-state index in [0.717, 1.165) is 15.8 Å². The van der Waals surface area contributed by atoms with E-state index in [-0.39, 0.29) is 6.04 Å². The van der Waals surface area contributed by atoms with Crippen LogP contribution in [0.25, 0.3) is 0 Å². The molecule has 1 unspecified atom stereocenters. The van der Waals surface area contributed by atoms with E-state index < -0.39 is 14.6 Å². The lowest BCUT2D eigenvalue weighted by atomic mass is 10.1. The molecule has 0 saturated heterocycles. The highest BCUT2D eigenvalue weighted by Crippen LogP contribution is 2.28. The summed E-state index contributed by atoms with van der Waals surface area (Å²) in [5.74, 6) is 0.775. The first-order valence-corrected chi connectivity index (χ1v) is 9.03. The van der Waals surface area contributed by atoms with Gasteiger partial charge in [-0.25, -0.2) is 8.42 Å². The van der Waals surface area contributed by atoms with Gasteiger partial charge < -0.3 is 10.1 Å². The van der Waals surface area contributed by atoms with Crippen molar-refractivity contribution in [3.05, 3.63) is 28.2 Å². The second-order valence-corrected chi connectivity index (χ2v) is 9.03. The Kier molecular flexibility index (Phi) is 5.63. The highest BCUT2D eigenvalue weighted by atomic mass is 79.9. The molecule has 1 rings (SSSR count). The topological polar surface area (TPSA) is 55.4 Å². The average Bonchev–Trinajstić information content (AvgIpc) is 2.34. The quantitative estimate of drug-likeness (QED) is 0.843. The molecule has 0 saturated carbocycles. The Morgan fingerprint density at radius 1 is 1.40 bits per heavy atom. The van der Waals surface area contributed by atoms with E-state index >= 15 is 0 Å². The van der Waals surface area contributed by atoms with E-state index in [0.29, 0.717) is 6.54 Å². The molecule has 0 heterocycles. The van der Waals surface area contributed by atoms with Crippen LogP contribution in [0.3, 0.4) is 0 Å². The van der Waals surface area contributed by atoms with Gasteiger partial charge in [-0.15, -0.1) is 0 Å². The largest absolute Gasteiger partial charge is 0.496 e. The van der Waals surface area contributed by atoms with E-state index in [1.165, 1.54) is 6.26 Å². The summed E-state index contributed by atoms with van der Waals surface area (Å²) >= 11 is 3.45. The molecule has 1 atom stereocenters. The summed E-state index contributed by atoms with van der Waals surface area (Å²) in [7, 11) is -1.47. The van der Waals surface area contributed by atoms with E-state index in [1.807, 2.05) is 25.1 Å². The third-order valence-electron chi connectivity index (χ3n) is 3.51. The molecule has 0 aliphatic carbocycles. The van der Waals surface area contributed by atoms with E-state index in [9.17, 15) is 8.42 Å². The Hall–Kier alpha value is -0.590. The summed E-state index contributed by atoms with van der Waals surface area (Å²) in [5, 5.41) is 3.27. The van der Waals surface area contributed by atoms with Gasteiger partial charge in [0.15, 0.2) is 9.84 Å². The van der Waals surface area contributed by atoms with Crippen LogP contribution in [0.2, 0.25) is 0 Å². The lowest BCUT2D eigenvalue weighted by Crippen LogP contribution is -2.42. The average molecular weight is 364 g/mol. The van der Waals surface area contributed by atoms with Crippen LogP contribution in [0.1, 0.15) is 32.4 Å². The van der Waals surface area contributed by atoms with Gasteiger partial charge in [-0.2, -0.15) is 0 Å². The molecule has 1 aromatic rings. The maximum absolute atomic E-state index is 11.7. The molecule has 1 aromatic carbocycles. The fourth-order valence-electron chi connectivity index (χ4n) is 1.60. The van der Waals surface area contributed by atoms with Crippen LogP contribution in [-0.4, -0.2) is 33.1 Å². The molecule has 0 spiro atoms. The van der Waals surface area contributed by atoms with Crippen molar-refractivity contribution in [1.29, 1.82) is 0 Å². The van der Waals surface area contributed by atoms with Crippen molar-refractivity contribution in [2.75, 3.05) is 19.9 Å². The predicted molar refractivity (Wildman–Crippen MR) is 86.0 cm³/mol. The number of sulfone groups is 1. The fourth-order valence-corrected chi connectivity index (χ4v) is 2.50. The monoisotopic (exact) mass is 363 g/mol. The maximum atomic E-state index is 11.7. The SMILES string of the molecule is COc1ccc(C(C)NCC(C)(C)S(C)(=O)=O)cc1Br. The van der Waals surface area contributed by atoms with Gasteiger partial charge in [0.1, 0.15) is 5.75 Å². The minimum Gasteiger partial charge on any atom is -0.496 e. The van der Waals surface area contributed by atoms with E-state index in [2.05, 4.69) is 21.2 Å². The number of rotatable bonds is 6. The Bertz CT molecular complexity index is 570. The van der Waals surface area contributed by atoms with Crippen LogP contribution in [-0.2, 0) is 9.84 Å².